The number of hydrogen-bond acceptors (Lipinski definition) is 8. The molecule has 0 fully saturated rings. The molecule has 1 amide bonds. The van der Waals surface area contributed by atoms with Gasteiger partial charge in [-0.15, -0.1) is 0 Å². The predicted octanol–water partition coefficient (Wildman–Crippen LogP) is 6.20. The molecule has 3 N–H and O–H groups in total. The zero-order chi connectivity index (χ0) is 43.9. The number of carbonyl (C=O) groups is 1. The van der Waals surface area contributed by atoms with E-state index in [2.05, 4.69) is 37.1 Å². The van der Waals surface area contributed by atoms with E-state index >= 15 is 8.78 Å². The molecule has 0 bridgehead atoms. The summed E-state index contributed by atoms with van der Waals surface area (Å²) in [5.74, 6) is -3.02. The van der Waals surface area contributed by atoms with Crippen LogP contribution in [0.3, 0.4) is 0 Å². The van der Waals surface area contributed by atoms with E-state index in [1.54, 1.807) is 11.6 Å². The Balaban J connectivity index is 1.28. The smallest absolute Gasteiger partial charge is 0.374 e. The second kappa shape index (κ2) is 14.7. The molecular formula is C39H29ClF7N9O4S. The highest BCUT2D eigenvalue weighted by Gasteiger charge is 2.62. The van der Waals surface area contributed by atoms with Crippen molar-refractivity contribution in [2.75, 3.05) is 11.0 Å². The molecule has 0 radical (unpaired) electrons. The molecule has 0 aliphatic heterocycles. The summed E-state index contributed by atoms with van der Waals surface area (Å²) in [4.78, 5) is 22.8. The van der Waals surface area contributed by atoms with E-state index in [1.165, 1.54) is 48.5 Å². The maximum atomic E-state index is 15.4. The molecule has 2 aromatic carbocycles. The number of aliphatic hydroxyl groups excluding tert-OH is 1. The molecule has 0 spiro atoms. The summed E-state index contributed by atoms with van der Waals surface area (Å²) >= 11 is 6.58. The maximum absolute atomic E-state index is 15.4. The first kappa shape index (κ1) is 41.5. The summed E-state index contributed by atoms with van der Waals surface area (Å²) in [6.07, 6.45) is -2.09. The highest BCUT2D eigenvalue weighted by atomic mass is 35.5. The van der Waals surface area contributed by atoms with Crippen molar-refractivity contribution < 1.29 is 49.1 Å². The van der Waals surface area contributed by atoms with E-state index in [0.29, 0.717) is 10.7 Å². The molecule has 13 nitrogen and oxygen atoms in total. The Kier molecular flexibility index (Phi) is 10.0. The number of benzene rings is 2. The number of hydrogen-bond donors (Lipinski definition) is 3. The lowest BCUT2D eigenvalue weighted by Crippen LogP contribution is -2.35. The summed E-state index contributed by atoms with van der Waals surface area (Å²) in [5.41, 5.74) is -3.12. The van der Waals surface area contributed by atoms with Crippen molar-refractivity contribution in [1.29, 1.82) is 0 Å². The van der Waals surface area contributed by atoms with Crippen LogP contribution in [-0.4, -0.2) is 59.8 Å². The van der Waals surface area contributed by atoms with Crippen LogP contribution < -0.4 is 10.0 Å². The molecule has 0 unspecified atom stereocenters. The van der Waals surface area contributed by atoms with Gasteiger partial charge < -0.3 is 15.0 Å². The van der Waals surface area contributed by atoms with Crippen molar-refractivity contribution in [2.45, 2.75) is 43.1 Å². The molecule has 3 atom stereocenters. The van der Waals surface area contributed by atoms with Gasteiger partial charge in [0.05, 0.1) is 45.9 Å². The number of aromatic nitrogens is 7. The number of aryl methyl sites for hydroxylation is 2. The van der Waals surface area contributed by atoms with Gasteiger partial charge in [0.15, 0.2) is 17.6 Å². The van der Waals surface area contributed by atoms with Gasteiger partial charge in [-0.25, -0.2) is 27.2 Å². The normalized spacial score (nSPS) is 16.3. The Morgan fingerprint density at radius 3 is 2.43 bits per heavy atom. The number of aliphatic hydroxyl groups is 1. The molecule has 6 aromatic rings. The van der Waals surface area contributed by atoms with E-state index in [9.17, 15) is 40.3 Å². The molecule has 4 heterocycles. The van der Waals surface area contributed by atoms with Gasteiger partial charge in [0.25, 0.3) is 0 Å². The van der Waals surface area contributed by atoms with Crippen LogP contribution in [0.15, 0.2) is 66.6 Å². The number of carbonyl (C=O) groups excluding carboxylic acids is 1. The third-order valence-corrected chi connectivity index (χ3v) is 10.8. The summed E-state index contributed by atoms with van der Waals surface area (Å²) in [5, 5.41) is 21.3. The molecule has 2 aliphatic carbocycles. The number of pyridine rings is 1. The van der Waals surface area contributed by atoms with E-state index in [1.807, 2.05) is 0 Å². The summed E-state index contributed by atoms with van der Waals surface area (Å²) in [7, 11) is -0.706. The number of halogens is 8. The quantitative estimate of drug-likeness (QED) is 0.0833. The third-order valence-electron chi connectivity index (χ3n) is 9.90. The summed E-state index contributed by atoms with van der Waals surface area (Å²) in [6.45, 7) is -1.14. The molecule has 8 rings (SSSR count). The molecule has 2 aliphatic rings. The lowest BCUT2D eigenvalue weighted by atomic mass is 9.93. The maximum Gasteiger partial charge on any atom is 0.435 e. The molecule has 4 aromatic heterocycles. The number of allylic oxidation sites excluding steroid dienone is 2. The molecule has 22 heteroatoms. The van der Waals surface area contributed by atoms with Gasteiger partial charge in [-0.3, -0.25) is 18.9 Å². The fourth-order valence-electron chi connectivity index (χ4n) is 7.46. The first-order valence-corrected chi connectivity index (χ1v) is 20.2. The van der Waals surface area contributed by atoms with Crippen LogP contribution in [0.25, 0.3) is 22.0 Å². The number of anilines is 1. The Morgan fingerprint density at radius 1 is 1.07 bits per heavy atom. The Labute approximate surface area is 345 Å². The standard InChI is InChI=1S/C39H29ClF7N9O4S/c1-54-15-28(48-17-54)29(57)9-5-21-4-6-22(23-7-8-26(40)32-34(23)55(2)52-37(32)53-61(3,59)60)33(49-21)27(12-18-10-19(41)13-20(42)11-18)50-30(58)16-56-36-31(35(51-56)39(45,46)47)24-14-25(24)38(36,43)44/h4,6-8,10-11,13-15,17,24,27,29,57H,12,16H2,1-3H3,(H,50,58)(H,52,53)/t24-,27-,29+/m0/s1. The van der Waals surface area contributed by atoms with Crippen LogP contribution in [0.4, 0.5) is 36.6 Å². The van der Waals surface area contributed by atoms with Gasteiger partial charge in [0.2, 0.25) is 15.9 Å². The Bertz CT molecular complexity index is 3000. The van der Waals surface area contributed by atoms with E-state index < -0.39 is 93.2 Å². The van der Waals surface area contributed by atoms with Crippen molar-refractivity contribution in [3.8, 4) is 23.0 Å². The SMILES string of the molecule is Cn1cnc([C@H](O)C#Cc2ccc(-c3ccc(Cl)c4c(NS(C)(=O)=O)nn(C)c34)c([C@H](Cc3cc(F)cc(F)c3)NC(=O)Cn3nc(C(F)(F)F)c4c3C(F)(F)C3=C[C@@H]34)n2)c1. The zero-order valence-corrected chi connectivity index (χ0v) is 33.2. The minimum absolute atomic E-state index is 0.0140. The molecule has 0 saturated carbocycles. The number of amides is 1. The highest BCUT2D eigenvalue weighted by Crippen LogP contribution is 2.63. The van der Waals surface area contributed by atoms with Crippen LogP contribution in [0.2, 0.25) is 5.02 Å². The van der Waals surface area contributed by atoms with Gasteiger partial charge in [0.1, 0.15) is 29.6 Å². The van der Waals surface area contributed by atoms with Crippen LogP contribution >= 0.6 is 11.6 Å². The van der Waals surface area contributed by atoms with Gasteiger partial charge in [-0.05, 0) is 48.2 Å². The van der Waals surface area contributed by atoms with Crippen LogP contribution in [0.1, 0.15) is 57.7 Å². The fourth-order valence-corrected chi connectivity index (χ4v) is 8.20. The van der Waals surface area contributed by atoms with Crippen LogP contribution in [0.5, 0.6) is 0 Å². The monoisotopic (exact) mass is 887 g/mol. The largest absolute Gasteiger partial charge is 0.435 e. The van der Waals surface area contributed by atoms with Crippen LogP contribution in [-0.2, 0) is 54.0 Å². The number of fused-ring (bicyclic) bond motifs is 4. The lowest BCUT2D eigenvalue weighted by molar-refractivity contribution is -0.142. The number of sulfonamides is 1. The topological polar surface area (TPSA) is 162 Å². The second-order valence-electron chi connectivity index (χ2n) is 14.5. The van der Waals surface area contributed by atoms with Gasteiger partial charge >= 0.3 is 12.1 Å². The summed E-state index contributed by atoms with van der Waals surface area (Å²) < 4.78 is 132. The average Bonchev–Trinajstić information content (AvgIpc) is 3.37. The van der Waals surface area contributed by atoms with Crippen LogP contribution in [0, 0.1) is 23.5 Å². The van der Waals surface area contributed by atoms with Crippen molar-refractivity contribution in [3.63, 3.8) is 0 Å². The number of imidazole rings is 1. The lowest BCUT2D eigenvalue weighted by Gasteiger charge is -2.23. The first-order valence-electron chi connectivity index (χ1n) is 17.9. The zero-order valence-electron chi connectivity index (χ0n) is 31.7. The molecular weight excluding hydrogens is 859 g/mol. The molecule has 0 saturated heterocycles. The minimum atomic E-state index is -5.13. The van der Waals surface area contributed by atoms with Crippen molar-refractivity contribution in [2.24, 2.45) is 14.1 Å². The second-order valence-corrected chi connectivity index (χ2v) is 16.6. The average molecular weight is 888 g/mol. The first-order chi connectivity index (χ1) is 28.6. The molecule has 316 valence electrons. The Morgan fingerprint density at radius 2 is 1.77 bits per heavy atom. The Hall–Kier alpha value is -6.24. The number of nitrogens with zero attached hydrogens (tertiary/aromatic N) is 7. The van der Waals surface area contributed by atoms with Crippen molar-refractivity contribution in [3.05, 3.63) is 123 Å². The predicted molar refractivity (Wildman–Crippen MR) is 205 cm³/mol. The highest BCUT2D eigenvalue weighted by molar-refractivity contribution is 7.92. The number of nitrogens with one attached hydrogen (secondary N) is 2. The van der Waals surface area contributed by atoms with E-state index in [-0.39, 0.29) is 55.5 Å². The van der Waals surface area contributed by atoms with E-state index in [0.717, 1.165) is 24.5 Å². The fraction of sp³-hybridized carbons (Fsp3) is 0.256. The van der Waals surface area contributed by atoms with E-state index in [4.69, 9.17) is 16.6 Å². The summed E-state index contributed by atoms with van der Waals surface area (Å²) in [6, 6.07) is 7.00. The third kappa shape index (κ3) is 7.93. The number of alkyl halides is 5. The van der Waals surface area contributed by atoms with Gasteiger partial charge in [0, 0.05) is 54.5 Å². The van der Waals surface area contributed by atoms with Crippen molar-refractivity contribution >= 4 is 44.3 Å². The minimum Gasteiger partial charge on any atom is -0.374 e. The van der Waals surface area contributed by atoms with Crippen molar-refractivity contribution in [1.82, 2.24) is 39.4 Å². The molecule has 61 heavy (non-hydrogen) atoms. The van der Waals surface area contributed by atoms with Gasteiger partial charge in [-0.1, -0.05) is 29.7 Å². The van der Waals surface area contributed by atoms with Gasteiger partial charge in [-0.2, -0.15) is 32.1 Å². The number of rotatable bonds is 10.